The van der Waals surface area contributed by atoms with E-state index in [1.165, 1.54) is 6.08 Å². The highest BCUT2D eigenvalue weighted by Crippen LogP contribution is 2.47. The highest BCUT2D eigenvalue weighted by Gasteiger charge is 2.53. The Morgan fingerprint density at radius 3 is 2.64 bits per heavy atom. The van der Waals surface area contributed by atoms with Gasteiger partial charge in [-0.2, -0.15) is 0 Å². The largest absolute Gasteiger partial charge is 0.468 e. The number of unbranched alkanes of at least 4 members (excludes halogenated alkanes) is 3. The molecule has 2 unspecified atom stereocenters. The first-order chi connectivity index (χ1) is 17.2. The fraction of sp³-hybridized carbons (Fsp3) is 0.600. The van der Waals surface area contributed by atoms with Crippen molar-refractivity contribution in [1.29, 1.82) is 0 Å². The summed E-state index contributed by atoms with van der Waals surface area (Å²) in [4.78, 5) is 52.2. The number of fused-ring (bicyclic) bond motifs is 3. The van der Waals surface area contributed by atoms with Crippen LogP contribution in [0.4, 0.5) is 0 Å². The second-order valence-electron chi connectivity index (χ2n) is 11.0. The molecule has 0 saturated carbocycles. The molecule has 2 heterocycles. The van der Waals surface area contributed by atoms with Gasteiger partial charge < -0.3 is 9.47 Å². The van der Waals surface area contributed by atoms with Gasteiger partial charge in [0.05, 0.1) is 12.2 Å². The van der Waals surface area contributed by atoms with Crippen LogP contribution in [0.1, 0.15) is 79.1 Å². The lowest BCUT2D eigenvalue weighted by molar-refractivity contribution is -0.171. The van der Waals surface area contributed by atoms with E-state index in [2.05, 4.69) is 6.92 Å². The number of allylic oxidation sites excluding steroid dienone is 5. The topological polar surface area (TPSA) is 86.7 Å². The third kappa shape index (κ3) is 4.91. The molecule has 2 aliphatic heterocycles. The fourth-order valence-corrected chi connectivity index (χ4v) is 6.05. The van der Waals surface area contributed by atoms with E-state index in [-0.39, 0.29) is 35.1 Å². The Morgan fingerprint density at radius 2 is 1.92 bits per heavy atom. The van der Waals surface area contributed by atoms with Crippen molar-refractivity contribution >= 4 is 23.3 Å². The summed E-state index contributed by atoms with van der Waals surface area (Å²) in [5.41, 5.74) is 0.0983. The number of carbonyl (C=O) groups excluding carboxylic acids is 4. The summed E-state index contributed by atoms with van der Waals surface area (Å²) in [6, 6.07) is 0. The maximum absolute atomic E-state index is 13.3. The molecule has 0 bridgehead atoms. The zero-order valence-electron chi connectivity index (χ0n) is 21.9. The highest BCUT2D eigenvalue weighted by atomic mass is 16.6. The van der Waals surface area contributed by atoms with Gasteiger partial charge in [0, 0.05) is 23.8 Å². The first-order valence-corrected chi connectivity index (χ1v) is 13.5. The standard InChI is InChI=1S/C30H38O6/c1-5-6-7-8-10-19(3)28(33)21-13-14-23-22-17-35-25(27-18(2)11-9-12-24(27)31)15-20(22)16-26(32)30(23,4)36-29(21)34/h9,11,15-19,21,23,27H,5-8,10,12-14H2,1-4H3/t18-,19+,21?,23-,27?,30-/m1/s1. The van der Waals surface area contributed by atoms with Gasteiger partial charge in [0.1, 0.15) is 23.2 Å². The predicted molar refractivity (Wildman–Crippen MR) is 135 cm³/mol. The van der Waals surface area contributed by atoms with Crippen LogP contribution in [0.3, 0.4) is 0 Å². The molecule has 6 heteroatoms. The molecule has 6 atom stereocenters. The molecule has 194 valence electrons. The third-order valence-electron chi connectivity index (χ3n) is 8.37. The number of hydrogen-bond donors (Lipinski definition) is 0. The summed E-state index contributed by atoms with van der Waals surface area (Å²) in [7, 11) is 0. The van der Waals surface area contributed by atoms with Crippen LogP contribution in [-0.2, 0) is 28.7 Å². The van der Waals surface area contributed by atoms with Crippen molar-refractivity contribution in [1.82, 2.24) is 0 Å². The average molecular weight is 495 g/mol. The Kier molecular flexibility index (Phi) is 7.82. The molecular weight excluding hydrogens is 456 g/mol. The predicted octanol–water partition coefficient (Wildman–Crippen LogP) is 5.58. The lowest BCUT2D eigenvalue weighted by Gasteiger charge is -2.40. The van der Waals surface area contributed by atoms with Crippen molar-refractivity contribution < 1.29 is 28.7 Å². The molecule has 0 radical (unpaired) electrons. The van der Waals surface area contributed by atoms with Crippen molar-refractivity contribution in [2.45, 2.75) is 84.7 Å². The lowest BCUT2D eigenvalue weighted by Crippen LogP contribution is -2.49. The molecule has 4 aliphatic rings. The second-order valence-corrected chi connectivity index (χ2v) is 11.0. The van der Waals surface area contributed by atoms with Crippen LogP contribution in [0.5, 0.6) is 0 Å². The molecule has 1 fully saturated rings. The van der Waals surface area contributed by atoms with E-state index in [9.17, 15) is 19.2 Å². The molecule has 0 N–H and O–H groups in total. The van der Waals surface area contributed by atoms with Gasteiger partial charge in [-0.1, -0.05) is 58.6 Å². The molecule has 0 aromatic carbocycles. The molecule has 36 heavy (non-hydrogen) atoms. The first-order valence-electron chi connectivity index (χ1n) is 13.5. The van der Waals surface area contributed by atoms with Crippen LogP contribution < -0.4 is 0 Å². The number of rotatable bonds is 8. The molecule has 0 aromatic heterocycles. The fourth-order valence-electron chi connectivity index (χ4n) is 6.05. The Labute approximate surface area is 213 Å². The van der Waals surface area contributed by atoms with Gasteiger partial charge >= 0.3 is 5.97 Å². The maximum Gasteiger partial charge on any atom is 0.317 e. The Balaban J connectivity index is 1.53. The minimum absolute atomic E-state index is 0.00664. The molecule has 0 aromatic rings. The molecule has 0 amide bonds. The van der Waals surface area contributed by atoms with Crippen LogP contribution in [0.25, 0.3) is 0 Å². The van der Waals surface area contributed by atoms with Crippen molar-refractivity contribution in [2.24, 2.45) is 29.6 Å². The van der Waals surface area contributed by atoms with E-state index >= 15 is 0 Å². The minimum atomic E-state index is -1.38. The van der Waals surface area contributed by atoms with Crippen LogP contribution >= 0.6 is 0 Å². The van der Waals surface area contributed by atoms with Crippen molar-refractivity contribution in [3.05, 3.63) is 47.5 Å². The normalized spacial score (nSPS) is 32.7. The van der Waals surface area contributed by atoms with Crippen molar-refractivity contribution in [2.75, 3.05) is 0 Å². The van der Waals surface area contributed by atoms with Crippen LogP contribution in [0.15, 0.2) is 47.5 Å². The van der Waals surface area contributed by atoms with Crippen LogP contribution in [-0.4, -0.2) is 28.9 Å². The maximum atomic E-state index is 13.3. The SMILES string of the molecule is CCCCCC[C@H](C)C(=O)C1CC[C@@H]2C3=COC(C4C(=O)CC=C[C@H]4C)=CC3=CC(=O)[C@]2(C)OC1=O. The highest BCUT2D eigenvalue weighted by molar-refractivity contribution is 6.05. The minimum Gasteiger partial charge on any atom is -0.468 e. The smallest absolute Gasteiger partial charge is 0.317 e. The number of hydrogen-bond acceptors (Lipinski definition) is 6. The Hall–Kier alpha value is -2.76. The molecule has 6 nitrogen and oxygen atoms in total. The van der Waals surface area contributed by atoms with E-state index in [1.807, 2.05) is 26.0 Å². The number of Topliss-reactive ketones (excluding diaryl/α,β-unsaturated/α-hetero) is 2. The summed E-state index contributed by atoms with van der Waals surface area (Å²) >= 11 is 0. The van der Waals surface area contributed by atoms with Gasteiger partial charge in [-0.3, -0.25) is 19.2 Å². The van der Waals surface area contributed by atoms with Gasteiger partial charge in [-0.25, -0.2) is 0 Å². The zero-order valence-corrected chi connectivity index (χ0v) is 21.9. The third-order valence-corrected chi connectivity index (χ3v) is 8.37. The Morgan fingerprint density at radius 1 is 1.14 bits per heavy atom. The van der Waals surface area contributed by atoms with E-state index in [1.54, 1.807) is 19.3 Å². The molecule has 2 aliphatic carbocycles. The Bertz CT molecular complexity index is 1060. The average Bonchev–Trinajstić information content (AvgIpc) is 2.97. The summed E-state index contributed by atoms with van der Waals surface area (Å²) < 4.78 is 11.8. The summed E-state index contributed by atoms with van der Waals surface area (Å²) in [5.74, 6) is -2.22. The van der Waals surface area contributed by atoms with Gasteiger partial charge in [0.2, 0.25) is 0 Å². The summed E-state index contributed by atoms with van der Waals surface area (Å²) in [6.07, 6.45) is 15.0. The number of esters is 1. The molecular formula is C30H38O6. The first kappa shape index (κ1) is 26.3. The van der Waals surface area contributed by atoms with Crippen molar-refractivity contribution in [3.8, 4) is 0 Å². The number of ether oxygens (including phenoxy) is 2. The number of ketones is 3. The van der Waals surface area contributed by atoms with E-state index in [4.69, 9.17) is 9.47 Å². The lowest BCUT2D eigenvalue weighted by atomic mass is 9.70. The quantitative estimate of drug-likeness (QED) is 0.190. The monoisotopic (exact) mass is 494 g/mol. The summed E-state index contributed by atoms with van der Waals surface area (Å²) in [5, 5.41) is 0. The van der Waals surface area contributed by atoms with Crippen molar-refractivity contribution in [3.63, 3.8) is 0 Å². The zero-order chi connectivity index (χ0) is 26.0. The van der Waals surface area contributed by atoms with E-state index in [0.717, 1.165) is 37.7 Å². The van der Waals surface area contributed by atoms with E-state index in [0.29, 0.717) is 30.6 Å². The molecule has 1 saturated heterocycles. The van der Waals surface area contributed by atoms with E-state index < -0.39 is 23.4 Å². The molecule has 4 rings (SSSR count). The van der Waals surface area contributed by atoms with Gasteiger partial charge in [0.25, 0.3) is 0 Å². The molecule has 0 spiro atoms. The van der Waals surface area contributed by atoms with Gasteiger partial charge in [-0.15, -0.1) is 0 Å². The van der Waals surface area contributed by atoms with Crippen LogP contribution in [0.2, 0.25) is 0 Å². The van der Waals surface area contributed by atoms with Gasteiger partial charge in [0.15, 0.2) is 11.4 Å². The summed E-state index contributed by atoms with van der Waals surface area (Å²) in [6.45, 7) is 7.66. The number of carbonyl (C=O) groups is 4. The van der Waals surface area contributed by atoms with Crippen LogP contribution in [0, 0.1) is 29.6 Å². The second kappa shape index (κ2) is 10.7. The van der Waals surface area contributed by atoms with Gasteiger partial charge in [-0.05, 0) is 49.8 Å².